The van der Waals surface area contributed by atoms with E-state index in [4.69, 9.17) is 4.74 Å². The van der Waals surface area contributed by atoms with Crippen molar-refractivity contribution in [2.75, 3.05) is 57.8 Å². The molecule has 0 spiro atoms. The summed E-state index contributed by atoms with van der Waals surface area (Å²) in [6.07, 6.45) is 0.823. The van der Waals surface area contributed by atoms with Crippen LogP contribution in [0.4, 0.5) is 10.5 Å². The van der Waals surface area contributed by atoms with E-state index < -0.39 is 0 Å². The molecule has 1 N–H and O–H groups in total. The van der Waals surface area contributed by atoms with E-state index in [0.29, 0.717) is 19.6 Å². The van der Waals surface area contributed by atoms with Crippen LogP contribution in [0, 0.1) is 6.92 Å². The summed E-state index contributed by atoms with van der Waals surface area (Å²) in [4.78, 5) is 30.8. The third-order valence-electron chi connectivity index (χ3n) is 5.44. The number of para-hydroxylation sites is 1. The number of amides is 3. The number of morpholine rings is 1. The molecule has 0 aromatic heterocycles. The van der Waals surface area contributed by atoms with Gasteiger partial charge in [0, 0.05) is 51.9 Å². The van der Waals surface area contributed by atoms with Gasteiger partial charge in [0.25, 0.3) is 0 Å². The number of hydrogen-bond donors (Lipinski definition) is 1. The van der Waals surface area contributed by atoms with Crippen LogP contribution < -0.4 is 5.32 Å². The highest BCUT2D eigenvalue weighted by Crippen LogP contribution is 2.19. The zero-order valence-electron chi connectivity index (χ0n) is 16.3. The highest BCUT2D eigenvalue weighted by Gasteiger charge is 2.32. The lowest BCUT2D eigenvalue weighted by molar-refractivity contribution is -0.131. The van der Waals surface area contributed by atoms with Gasteiger partial charge in [-0.15, -0.1) is 0 Å². The van der Waals surface area contributed by atoms with Gasteiger partial charge in [-0.2, -0.15) is 0 Å². The zero-order chi connectivity index (χ0) is 19.2. The molecule has 0 unspecified atom stereocenters. The van der Waals surface area contributed by atoms with Crippen LogP contribution in [0.15, 0.2) is 24.3 Å². The van der Waals surface area contributed by atoms with E-state index in [9.17, 15) is 9.59 Å². The molecule has 27 heavy (non-hydrogen) atoms. The second kappa shape index (κ2) is 9.19. The van der Waals surface area contributed by atoms with E-state index in [1.807, 2.05) is 41.0 Å². The predicted octanol–water partition coefficient (Wildman–Crippen LogP) is 1.78. The van der Waals surface area contributed by atoms with Crippen LogP contribution in [0.1, 0.15) is 18.9 Å². The molecule has 1 atom stereocenters. The summed E-state index contributed by atoms with van der Waals surface area (Å²) in [7, 11) is 0. The lowest BCUT2D eigenvalue weighted by Gasteiger charge is -2.32. The average Bonchev–Trinajstić information content (AvgIpc) is 3.14. The Hall–Kier alpha value is -2.12. The van der Waals surface area contributed by atoms with Crippen molar-refractivity contribution in [2.24, 2.45) is 0 Å². The van der Waals surface area contributed by atoms with Crippen molar-refractivity contribution in [3.05, 3.63) is 29.8 Å². The number of ether oxygens (including phenoxy) is 1. The number of aryl methyl sites for hydroxylation is 1. The maximum atomic E-state index is 12.6. The van der Waals surface area contributed by atoms with Crippen LogP contribution >= 0.6 is 0 Å². The maximum absolute atomic E-state index is 12.6. The van der Waals surface area contributed by atoms with E-state index >= 15 is 0 Å². The van der Waals surface area contributed by atoms with Gasteiger partial charge >= 0.3 is 6.03 Å². The number of carbonyl (C=O) groups is 2. The number of hydrogen-bond acceptors (Lipinski definition) is 4. The number of benzene rings is 1. The Bertz CT molecular complexity index is 660. The third kappa shape index (κ3) is 5.20. The van der Waals surface area contributed by atoms with Crippen molar-refractivity contribution in [3.8, 4) is 0 Å². The quantitative estimate of drug-likeness (QED) is 0.853. The average molecular weight is 374 g/mol. The normalized spacial score (nSPS) is 20.5. The summed E-state index contributed by atoms with van der Waals surface area (Å²) >= 11 is 0. The number of nitrogens with zero attached hydrogens (tertiary/aromatic N) is 3. The van der Waals surface area contributed by atoms with Gasteiger partial charge in [0.15, 0.2) is 0 Å². The first kappa shape index (κ1) is 19.6. The summed E-state index contributed by atoms with van der Waals surface area (Å²) in [6.45, 7) is 9.77. The van der Waals surface area contributed by atoms with Gasteiger partial charge < -0.3 is 19.9 Å². The first-order valence-electron chi connectivity index (χ1n) is 9.73. The minimum Gasteiger partial charge on any atom is -0.379 e. The Morgan fingerprint density at radius 2 is 1.96 bits per heavy atom. The molecular weight excluding hydrogens is 344 g/mol. The van der Waals surface area contributed by atoms with Crippen LogP contribution in [0.25, 0.3) is 0 Å². The molecule has 0 saturated carbocycles. The molecule has 7 heteroatoms. The van der Waals surface area contributed by atoms with Crippen molar-refractivity contribution >= 4 is 17.6 Å². The molecule has 2 heterocycles. The van der Waals surface area contributed by atoms with E-state index in [1.54, 1.807) is 6.92 Å². The number of carbonyl (C=O) groups excluding carboxylic acids is 2. The number of rotatable bonds is 5. The Morgan fingerprint density at radius 3 is 2.67 bits per heavy atom. The van der Waals surface area contributed by atoms with Crippen molar-refractivity contribution in [2.45, 2.75) is 26.3 Å². The Balaban J connectivity index is 1.53. The summed E-state index contributed by atoms with van der Waals surface area (Å²) in [5, 5.41) is 2.99. The summed E-state index contributed by atoms with van der Waals surface area (Å²) in [5.74, 6) is 0.0782. The summed E-state index contributed by atoms with van der Waals surface area (Å²) in [5.41, 5.74) is 1.87. The fourth-order valence-electron chi connectivity index (χ4n) is 3.76. The minimum atomic E-state index is -0.0940. The minimum absolute atomic E-state index is 0.0782. The lowest BCUT2D eigenvalue weighted by Crippen LogP contribution is -2.47. The van der Waals surface area contributed by atoms with Gasteiger partial charge in [0.05, 0.1) is 19.3 Å². The molecule has 2 aliphatic rings. The van der Waals surface area contributed by atoms with Crippen LogP contribution in [-0.2, 0) is 9.53 Å². The molecule has 148 valence electrons. The van der Waals surface area contributed by atoms with Gasteiger partial charge in [-0.3, -0.25) is 9.69 Å². The molecule has 0 radical (unpaired) electrons. The van der Waals surface area contributed by atoms with Gasteiger partial charge in [0.2, 0.25) is 5.91 Å². The monoisotopic (exact) mass is 374 g/mol. The second-order valence-corrected chi connectivity index (χ2v) is 7.30. The van der Waals surface area contributed by atoms with Gasteiger partial charge in [-0.05, 0) is 25.0 Å². The largest absolute Gasteiger partial charge is 0.379 e. The third-order valence-corrected chi connectivity index (χ3v) is 5.44. The van der Waals surface area contributed by atoms with Crippen LogP contribution in [0.2, 0.25) is 0 Å². The van der Waals surface area contributed by atoms with Gasteiger partial charge in [0.1, 0.15) is 0 Å². The number of likely N-dealkylation sites (tertiary alicyclic amines) is 1. The Kier molecular flexibility index (Phi) is 6.68. The van der Waals surface area contributed by atoms with Crippen LogP contribution in [0.3, 0.4) is 0 Å². The van der Waals surface area contributed by atoms with Crippen molar-refractivity contribution in [1.82, 2.24) is 14.7 Å². The Labute approximate surface area is 161 Å². The smallest absolute Gasteiger partial charge is 0.321 e. The molecular formula is C20H30N4O3. The molecule has 1 aromatic carbocycles. The fourth-order valence-corrected chi connectivity index (χ4v) is 3.76. The van der Waals surface area contributed by atoms with Crippen molar-refractivity contribution in [3.63, 3.8) is 0 Å². The molecule has 3 amide bonds. The van der Waals surface area contributed by atoms with E-state index in [1.165, 1.54) is 0 Å². The highest BCUT2D eigenvalue weighted by atomic mass is 16.5. The van der Waals surface area contributed by atoms with E-state index in [-0.39, 0.29) is 18.0 Å². The molecule has 7 nitrogen and oxygen atoms in total. The SMILES string of the molecule is CC(=O)N(CCN1CCOCC1)[C@H]1CCN(C(=O)Nc2ccccc2C)C1. The van der Waals surface area contributed by atoms with Gasteiger partial charge in [-0.25, -0.2) is 4.79 Å². The van der Waals surface area contributed by atoms with Crippen LogP contribution in [-0.4, -0.2) is 85.2 Å². The molecule has 2 aliphatic heterocycles. The predicted molar refractivity (Wildman–Crippen MR) is 105 cm³/mol. The molecule has 3 rings (SSSR count). The summed E-state index contributed by atoms with van der Waals surface area (Å²) < 4.78 is 5.38. The molecule has 2 saturated heterocycles. The molecule has 0 aliphatic carbocycles. The highest BCUT2D eigenvalue weighted by molar-refractivity contribution is 5.90. The number of nitrogens with one attached hydrogen (secondary N) is 1. The topological polar surface area (TPSA) is 65.1 Å². The summed E-state index contributed by atoms with van der Waals surface area (Å²) in [6, 6.07) is 7.75. The van der Waals surface area contributed by atoms with Crippen molar-refractivity contribution < 1.29 is 14.3 Å². The first-order valence-corrected chi connectivity index (χ1v) is 9.73. The fraction of sp³-hybridized carbons (Fsp3) is 0.600. The Morgan fingerprint density at radius 1 is 1.22 bits per heavy atom. The molecule has 1 aromatic rings. The molecule has 2 fully saturated rings. The number of anilines is 1. The number of urea groups is 1. The maximum Gasteiger partial charge on any atom is 0.321 e. The van der Waals surface area contributed by atoms with Crippen molar-refractivity contribution in [1.29, 1.82) is 0 Å². The second-order valence-electron chi connectivity index (χ2n) is 7.30. The van der Waals surface area contributed by atoms with E-state index in [2.05, 4.69) is 10.2 Å². The standard InChI is InChI=1S/C20H30N4O3/c1-16-5-3-4-6-19(16)21-20(26)23-8-7-18(15-23)24(17(2)25)10-9-22-11-13-27-14-12-22/h3-6,18H,7-15H2,1-2H3,(H,21,26)/t18-/m0/s1. The van der Waals surface area contributed by atoms with E-state index in [0.717, 1.165) is 50.5 Å². The first-order chi connectivity index (χ1) is 13.0. The zero-order valence-corrected chi connectivity index (χ0v) is 16.3. The lowest BCUT2D eigenvalue weighted by atomic mass is 10.2. The van der Waals surface area contributed by atoms with Crippen LogP contribution in [0.5, 0.6) is 0 Å². The molecule has 0 bridgehead atoms. The van der Waals surface area contributed by atoms with Gasteiger partial charge in [-0.1, -0.05) is 18.2 Å².